The summed E-state index contributed by atoms with van der Waals surface area (Å²) in [6.07, 6.45) is 1.77. The van der Waals surface area contributed by atoms with Crippen LogP contribution in [0.25, 0.3) is 33.9 Å². The van der Waals surface area contributed by atoms with Crippen molar-refractivity contribution < 1.29 is 9.15 Å². The normalized spacial score (nSPS) is 11.5. The number of hydrogen-bond acceptors (Lipinski definition) is 4. The van der Waals surface area contributed by atoms with Gasteiger partial charge in [-0.3, -0.25) is 0 Å². The molecule has 3 heterocycles. The number of H-pyrrole nitrogens is 1. The number of halogens is 1. The molecule has 140 valence electrons. The number of fused-ring (bicyclic) bond motifs is 1. The van der Waals surface area contributed by atoms with Gasteiger partial charge in [-0.2, -0.15) is 0 Å². The van der Waals surface area contributed by atoms with Gasteiger partial charge in [-0.15, -0.1) is 0 Å². The van der Waals surface area contributed by atoms with E-state index in [0.29, 0.717) is 28.2 Å². The van der Waals surface area contributed by atoms with Crippen LogP contribution >= 0.6 is 11.6 Å². The second-order valence-corrected chi connectivity index (χ2v) is 7.83. The van der Waals surface area contributed by atoms with Gasteiger partial charge in [-0.25, -0.2) is 9.97 Å². The van der Waals surface area contributed by atoms with Crippen molar-refractivity contribution in [2.24, 2.45) is 0 Å². The average Bonchev–Trinajstić information content (AvgIpc) is 3.27. The maximum atomic E-state index is 6.33. The molecule has 0 aliphatic carbocycles. The molecule has 0 atom stereocenters. The Bertz CT molecular complexity index is 1130. The first-order valence-corrected chi connectivity index (χ1v) is 9.03. The van der Waals surface area contributed by atoms with E-state index in [9.17, 15) is 0 Å². The Labute approximate surface area is 190 Å². The Morgan fingerprint density at radius 3 is 2.50 bits per heavy atom. The number of benzene rings is 1. The van der Waals surface area contributed by atoms with Crippen LogP contribution in [0.2, 0.25) is 5.02 Å². The number of nitrogens with one attached hydrogen (secondary N) is 1. The fourth-order valence-corrected chi connectivity index (χ4v) is 3.14. The van der Waals surface area contributed by atoms with Crippen molar-refractivity contribution in [3.8, 4) is 28.7 Å². The summed E-state index contributed by atoms with van der Waals surface area (Å²) in [6.45, 7) is 6.43. The van der Waals surface area contributed by atoms with Gasteiger partial charge >= 0.3 is 29.6 Å². The zero-order chi connectivity index (χ0) is 19.2. The quantitative estimate of drug-likeness (QED) is 0.476. The molecule has 1 N–H and O–H groups in total. The molecule has 0 saturated heterocycles. The van der Waals surface area contributed by atoms with Crippen LogP contribution in [0.5, 0.6) is 5.88 Å². The topological polar surface area (TPSA) is 63.9 Å². The fraction of sp³-hybridized carbons (Fsp3) is 0.238. The second kappa shape index (κ2) is 7.91. The molecule has 1 aromatic carbocycles. The predicted octanol–water partition coefficient (Wildman–Crippen LogP) is 5.20. The molecule has 4 aromatic rings. The summed E-state index contributed by atoms with van der Waals surface area (Å²) < 4.78 is 11.2. The van der Waals surface area contributed by atoms with Crippen molar-refractivity contribution in [2.75, 3.05) is 7.11 Å². The monoisotopic (exact) mass is 405 g/mol. The van der Waals surface area contributed by atoms with Gasteiger partial charge in [0.1, 0.15) is 5.52 Å². The third kappa shape index (κ3) is 3.85. The molecule has 0 aliphatic heterocycles. The number of aromatic nitrogens is 3. The Morgan fingerprint density at radius 1 is 1.11 bits per heavy atom. The zero-order valence-corrected chi connectivity index (χ0v) is 16.4. The molecule has 0 amide bonds. The fourth-order valence-electron chi connectivity index (χ4n) is 2.91. The van der Waals surface area contributed by atoms with E-state index >= 15 is 0 Å². The van der Waals surface area contributed by atoms with E-state index in [1.54, 1.807) is 13.4 Å². The second-order valence-electron chi connectivity index (χ2n) is 7.43. The molecule has 0 bridgehead atoms. The third-order valence-electron chi connectivity index (χ3n) is 4.48. The zero-order valence-electron chi connectivity index (χ0n) is 15.6. The summed E-state index contributed by atoms with van der Waals surface area (Å²) in [6, 6.07) is 11.5. The number of hydrogen-bond donors (Lipinski definition) is 1. The number of imidazole rings is 1. The summed E-state index contributed by atoms with van der Waals surface area (Å²) in [5, 5.41) is 0.628. The number of nitrogens with zero attached hydrogens (tertiary/aromatic N) is 2. The first kappa shape index (κ1) is 20.9. The van der Waals surface area contributed by atoms with Crippen LogP contribution in [0.4, 0.5) is 0 Å². The van der Waals surface area contributed by atoms with Crippen LogP contribution < -0.4 is 4.74 Å². The molecule has 3 aromatic heterocycles. The number of furan rings is 1. The third-order valence-corrected chi connectivity index (χ3v) is 4.81. The van der Waals surface area contributed by atoms with E-state index in [4.69, 9.17) is 25.7 Å². The van der Waals surface area contributed by atoms with Gasteiger partial charge in [0, 0.05) is 10.6 Å². The summed E-state index contributed by atoms with van der Waals surface area (Å²) in [5.41, 5.74) is 4.11. The van der Waals surface area contributed by atoms with Crippen molar-refractivity contribution in [1.29, 1.82) is 0 Å². The standard InChI is InChI=1S/C21H20ClN3O2.Na.H/c1-21(2,3)12-9-17(27-11-12)19-23-16-10-15(13-7-5-6-8-14(13)22)24-20(26-4)18(16)25-19;;/h5-11H,1-4H3,(H,23,25);;. The number of rotatable bonds is 3. The molecule has 7 heteroatoms. The number of pyridine rings is 1. The first-order chi connectivity index (χ1) is 12.9. The number of aromatic amines is 1. The molecule has 0 fully saturated rings. The maximum absolute atomic E-state index is 6.33. The van der Waals surface area contributed by atoms with Crippen molar-refractivity contribution in [2.45, 2.75) is 26.2 Å². The summed E-state index contributed by atoms with van der Waals surface area (Å²) >= 11 is 6.33. The van der Waals surface area contributed by atoms with Crippen LogP contribution in [0.1, 0.15) is 26.3 Å². The van der Waals surface area contributed by atoms with Crippen LogP contribution in [-0.4, -0.2) is 51.6 Å². The SMILES string of the molecule is COc1nc(-c2ccccc2Cl)cc2nc(-c3cc(C(C)(C)C)co3)[nH]c12.[NaH]. The Morgan fingerprint density at radius 2 is 1.86 bits per heavy atom. The minimum atomic E-state index is 0. The van der Waals surface area contributed by atoms with Gasteiger partial charge in [0.25, 0.3) is 0 Å². The van der Waals surface area contributed by atoms with Gasteiger partial charge in [0.05, 0.1) is 24.6 Å². The minimum absolute atomic E-state index is 0. The van der Waals surface area contributed by atoms with Gasteiger partial charge < -0.3 is 14.1 Å². The van der Waals surface area contributed by atoms with Crippen LogP contribution in [0, 0.1) is 0 Å². The van der Waals surface area contributed by atoms with Crippen molar-refractivity contribution in [3.05, 3.63) is 53.2 Å². The molecule has 5 nitrogen and oxygen atoms in total. The van der Waals surface area contributed by atoms with Crippen LogP contribution in [0.15, 0.2) is 47.1 Å². The van der Waals surface area contributed by atoms with Crippen molar-refractivity contribution >= 4 is 52.2 Å². The molecule has 0 unspecified atom stereocenters. The summed E-state index contributed by atoms with van der Waals surface area (Å²) in [5.74, 6) is 1.78. The van der Waals surface area contributed by atoms with E-state index in [1.807, 2.05) is 36.4 Å². The Balaban J connectivity index is 0.00000225. The van der Waals surface area contributed by atoms with E-state index in [2.05, 4.69) is 30.7 Å². The molecular formula is C21H21ClN3NaO2. The summed E-state index contributed by atoms with van der Waals surface area (Å²) in [4.78, 5) is 12.5. The first-order valence-electron chi connectivity index (χ1n) is 8.66. The van der Waals surface area contributed by atoms with Crippen LogP contribution in [0.3, 0.4) is 0 Å². The number of ether oxygens (including phenoxy) is 1. The molecule has 28 heavy (non-hydrogen) atoms. The van der Waals surface area contributed by atoms with Crippen molar-refractivity contribution in [1.82, 2.24) is 15.0 Å². The van der Waals surface area contributed by atoms with Gasteiger partial charge in [-0.05, 0) is 29.2 Å². The summed E-state index contributed by atoms with van der Waals surface area (Å²) in [7, 11) is 1.59. The van der Waals surface area contributed by atoms with Crippen LogP contribution in [-0.2, 0) is 5.41 Å². The number of methoxy groups -OCH3 is 1. The average molecular weight is 406 g/mol. The molecular weight excluding hydrogens is 385 g/mol. The molecule has 0 spiro atoms. The van der Waals surface area contributed by atoms with Gasteiger partial charge in [0.2, 0.25) is 5.88 Å². The Hall–Kier alpha value is -1.79. The predicted molar refractivity (Wildman–Crippen MR) is 114 cm³/mol. The van der Waals surface area contributed by atoms with Gasteiger partial charge in [-0.1, -0.05) is 50.6 Å². The molecule has 0 aliphatic rings. The Kier molecular flexibility index (Phi) is 5.92. The van der Waals surface area contributed by atoms with E-state index < -0.39 is 0 Å². The van der Waals surface area contributed by atoms with Gasteiger partial charge in [0.15, 0.2) is 11.6 Å². The molecule has 0 radical (unpaired) electrons. The molecule has 4 rings (SSSR count). The van der Waals surface area contributed by atoms with E-state index in [1.165, 1.54) is 0 Å². The van der Waals surface area contributed by atoms with E-state index in [-0.39, 0.29) is 35.0 Å². The van der Waals surface area contributed by atoms with Crippen molar-refractivity contribution in [3.63, 3.8) is 0 Å². The molecule has 0 saturated carbocycles. The van der Waals surface area contributed by atoms with E-state index in [0.717, 1.165) is 22.2 Å².